The summed E-state index contributed by atoms with van der Waals surface area (Å²) in [6.07, 6.45) is 0.901. The second-order valence-corrected chi connectivity index (χ2v) is 3.77. The molecule has 0 bridgehead atoms. The van der Waals surface area contributed by atoms with E-state index in [0.717, 1.165) is 17.5 Å². The molecule has 0 radical (unpaired) electrons. The number of esters is 1. The Kier molecular flexibility index (Phi) is 5.19. The third-order valence-corrected chi connectivity index (χ3v) is 2.65. The lowest BCUT2D eigenvalue weighted by molar-refractivity contribution is -0.142. The van der Waals surface area contributed by atoms with Crippen LogP contribution >= 0.6 is 0 Å². The van der Waals surface area contributed by atoms with Gasteiger partial charge in [0.05, 0.1) is 31.8 Å². The fourth-order valence-corrected chi connectivity index (χ4v) is 1.77. The topological polar surface area (TPSA) is 59.3 Å². The van der Waals surface area contributed by atoms with Crippen LogP contribution < -0.4 is 4.74 Å². The molecule has 1 rings (SSSR count). The summed E-state index contributed by atoms with van der Waals surface area (Å²) in [5.41, 5.74) is 2.26. The molecule has 18 heavy (non-hydrogen) atoms. The Morgan fingerprint density at radius 1 is 1.33 bits per heavy atom. The van der Waals surface area contributed by atoms with Gasteiger partial charge in [-0.1, -0.05) is 13.0 Å². The average molecular weight is 247 g/mol. The van der Waals surface area contributed by atoms with Gasteiger partial charge in [0.25, 0.3) is 0 Å². The summed E-state index contributed by atoms with van der Waals surface area (Å²) in [5, 5.41) is 9.03. The Hall–Kier alpha value is -2.02. The first-order valence-electron chi connectivity index (χ1n) is 5.91. The molecule has 0 N–H and O–H groups in total. The third kappa shape index (κ3) is 3.24. The average Bonchev–Trinajstić information content (AvgIpc) is 2.38. The van der Waals surface area contributed by atoms with Crippen molar-refractivity contribution in [3.8, 4) is 11.8 Å². The van der Waals surface area contributed by atoms with Gasteiger partial charge in [-0.25, -0.2) is 0 Å². The van der Waals surface area contributed by atoms with Crippen molar-refractivity contribution < 1.29 is 14.3 Å². The van der Waals surface area contributed by atoms with Crippen molar-refractivity contribution in [1.29, 1.82) is 5.26 Å². The number of nitriles is 1. The molecule has 4 heteroatoms. The van der Waals surface area contributed by atoms with Crippen LogP contribution in [-0.2, 0) is 22.4 Å². The Morgan fingerprint density at radius 2 is 2.06 bits per heavy atom. The fourth-order valence-electron chi connectivity index (χ4n) is 1.77. The molecule has 0 aliphatic carbocycles. The van der Waals surface area contributed by atoms with E-state index in [1.165, 1.54) is 7.11 Å². The van der Waals surface area contributed by atoms with E-state index in [2.05, 4.69) is 6.07 Å². The summed E-state index contributed by atoms with van der Waals surface area (Å²) in [6, 6.07) is 5.65. The van der Waals surface area contributed by atoms with Crippen LogP contribution in [0.3, 0.4) is 0 Å². The van der Waals surface area contributed by atoms with Crippen molar-refractivity contribution >= 4 is 5.97 Å². The van der Waals surface area contributed by atoms with Crippen LogP contribution in [0.25, 0.3) is 0 Å². The van der Waals surface area contributed by atoms with Gasteiger partial charge in [0, 0.05) is 5.56 Å². The Balaban J connectivity index is 3.10. The lowest BCUT2D eigenvalue weighted by Crippen LogP contribution is -2.09. The highest BCUT2D eigenvalue weighted by Gasteiger charge is 2.13. The first-order chi connectivity index (χ1) is 8.65. The van der Waals surface area contributed by atoms with Gasteiger partial charge >= 0.3 is 5.97 Å². The zero-order chi connectivity index (χ0) is 13.5. The number of carbonyl (C=O) groups is 1. The van der Waals surface area contributed by atoms with E-state index in [1.807, 2.05) is 13.0 Å². The first-order valence-corrected chi connectivity index (χ1v) is 5.91. The summed E-state index contributed by atoms with van der Waals surface area (Å²) in [7, 11) is 1.52. The number of rotatable bonds is 5. The highest BCUT2D eigenvalue weighted by atomic mass is 16.5. The third-order valence-electron chi connectivity index (χ3n) is 2.65. The van der Waals surface area contributed by atoms with Gasteiger partial charge in [0.1, 0.15) is 5.75 Å². The molecule has 0 saturated heterocycles. The lowest BCUT2D eigenvalue weighted by atomic mass is 10.00. The number of ether oxygens (including phenoxy) is 2. The summed E-state index contributed by atoms with van der Waals surface area (Å²) in [6.45, 7) is 4.10. The molecule has 96 valence electrons. The van der Waals surface area contributed by atoms with Crippen molar-refractivity contribution in [2.75, 3.05) is 13.7 Å². The second-order valence-electron chi connectivity index (χ2n) is 3.77. The van der Waals surface area contributed by atoms with Crippen molar-refractivity contribution in [3.63, 3.8) is 0 Å². The Labute approximate surface area is 107 Å². The van der Waals surface area contributed by atoms with Crippen LogP contribution in [0.4, 0.5) is 0 Å². The zero-order valence-corrected chi connectivity index (χ0v) is 10.9. The quantitative estimate of drug-likeness (QED) is 0.749. The highest BCUT2D eigenvalue weighted by molar-refractivity contribution is 5.74. The number of benzene rings is 1. The van der Waals surface area contributed by atoms with Crippen molar-refractivity contribution in [2.45, 2.75) is 26.7 Å². The standard InChI is InChI=1S/C14H17NO3/c1-4-10-6-11(8-14(16)18-5-2)13(17-3)7-12(10)9-15/h6-7H,4-5,8H2,1-3H3. The van der Waals surface area contributed by atoms with Crippen LogP contribution in [0, 0.1) is 11.3 Å². The van der Waals surface area contributed by atoms with Gasteiger partial charge in [-0.2, -0.15) is 5.26 Å². The molecule has 0 atom stereocenters. The van der Waals surface area contributed by atoms with Crippen molar-refractivity contribution in [1.82, 2.24) is 0 Å². The molecule has 1 aromatic rings. The maximum atomic E-state index is 11.5. The summed E-state index contributed by atoms with van der Waals surface area (Å²) < 4.78 is 10.1. The first kappa shape index (κ1) is 14.0. The van der Waals surface area contributed by atoms with Crippen molar-refractivity contribution in [3.05, 3.63) is 28.8 Å². The predicted octanol–water partition coefficient (Wildman–Crippen LogP) is 2.23. The van der Waals surface area contributed by atoms with Gasteiger partial charge in [0.15, 0.2) is 0 Å². The number of carbonyl (C=O) groups excluding carboxylic acids is 1. The SMILES string of the molecule is CCOC(=O)Cc1cc(CC)c(C#N)cc1OC. The molecule has 0 aliphatic heterocycles. The molecule has 4 nitrogen and oxygen atoms in total. The van der Waals surface area contributed by atoms with Gasteiger partial charge in [-0.3, -0.25) is 4.79 Å². The smallest absolute Gasteiger partial charge is 0.310 e. The Bertz CT molecular complexity index is 475. The van der Waals surface area contributed by atoms with Crippen LogP contribution in [-0.4, -0.2) is 19.7 Å². The molecular weight excluding hydrogens is 230 g/mol. The largest absolute Gasteiger partial charge is 0.496 e. The molecule has 0 aromatic heterocycles. The van der Waals surface area contributed by atoms with E-state index >= 15 is 0 Å². The highest BCUT2D eigenvalue weighted by Crippen LogP contribution is 2.24. The molecule has 0 spiro atoms. The lowest BCUT2D eigenvalue weighted by Gasteiger charge is -2.11. The maximum absolute atomic E-state index is 11.5. The number of hydrogen-bond acceptors (Lipinski definition) is 4. The number of hydrogen-bond donors (Lipinski definition) is 0. The molecule has 0 amide bonds. The molecule has 0 saturated carbocycles. The van der Waals surface area contributed by atoms with E-state index in [1.54, 1.807) is 13.0 Å². The Morgan fingerprint density at radius 3 is 2.56 bits per heavy atom. The number of nitrogens with zero attached hydrogens (tertiary/aromatic N) is 1. The maximum Gasteiger partial charge on any atom is 0.310 e. The van der Waals surface area contributed by atoms with Crippen LogP contribution in [0.5, 0.6) is 5.75 Å². The van der Waals surface area contributed by atoms with E-state index in [4.69, 9.17) is 14.7 Å². The molecule has 0 fully saturated rings. The molecule has 0 aliphatic rings. The molecule has 0 heterocycles. The minimum atomic E-state index is -0.289. The van der Waals surface area contributed by atoms with Gasteiger partial charge in [-0.05, 0) is 25.0 Å². The molecular formula is C14H17NO3. The summed E-state index contributed by atoms with van der Waals surface area (Å²) >= 11 is 0. The van der Waals surface area contributed by atoms with Crippen molar-refractivity contribution in [2.24, 2.45) is 0 Å². The summed E-state index contributed by atoms with van der Waals surface area (Å²) in [4.78, 5) is 11.5. The fraction of sp³-hybridized carbons (Fsp3) is 0.429. The number of methoxy groups -OCH3 is 1. The van der Waals surface area contributed by atoms with Crippen LogP contribution in [0.15, 0.2) is 12.1 Å². The van der Waals surface area contributed by atoms with E-state index in [0.29, 0.717) is 17.9 Å². The predicted molar refractivity (Wildman–Crippen MR) is 67.4 cm³/mol. The minimum absolute atomic E-state index is 0.162. The minimum Gasteiger partial charge on any atom is -0.496 e. The summed E-state index contributed by atoms with van der Waals surface area (Å²) in [5.74, 6) is 0.263. The normalized spacial score (nSPS) is 9.67. The van der Waals surface area contributed by atoms with Crippen LogP contribution in [0.2, 0.25) is 0 Å². The zero-order valence-electron chi connectivity index (χ0n) is 10.9. The second kappa shape index (κ2) is 6.65. The monoisotopic (exact) mass is 247 g/mol. The van der Waals surface area contributed by atoms with E-state index in [-0.39, 0.29) is 12.4 Å². The van der Waals surface area contributed by atoms with Crippen LogP contribution in [0.1, 0.15) is 30.5 Å². The molecule has 1 aromatic carbocycles. The molecule has 0 unspecified atom stereocenters. The van der Waals surface area contributed by atoms with E-state index < -0.39 is 0 Å². The van der Waals surface area contributed by atoms with Gasteiger partial charge in [0.2, 0.25) is 0 Å². The van der Waals surface area contributed by atoms with E-state index in [9.17, 15) is 4.79 Å². The van der Waals surface area contributed by atoms with Gasteiger partial charge in [-0.15, -0.1) is 0 Å². The van der Waals surface area contributed by atoms with Gasteiger partial charge < -0.3 is 9.47 Å². The number of aryl methyl sites for hydroxylation is 1.